The first-order chi connectivity index (χ1) is 11.2. The van der Waals surface area contributed by atoms with Crippen molar-refractivity contribution in [1.82, 2.24) is 0 Å². The molecule has 0 aromatic heterocycles. The molecule has 0 radical (unpaired) electrons. The van der Waals surface area contributed by atoms with Gasteiger partial charge in [-0.05, 0) is 53.8 Å². The Morgan fingerprint density at radius 3 is 2.13 bits per heavy atom. The summed E-state index contributed by atoms with van der Waals surface area (Å²) in [6.45, 7) is 4.27. The van der Waals surface area contributed by atoms with Gasteiger partial charge in [-0.15, -0.1) is 0 Å². The Labute approximate surface area is 138 Å². The third-order valence-electron chi connectivity index (χ3n) is 4.14. The standard InChI is InChI=1S/C22H21N/c1-17-7-6-10-22(18(17)2)23-16-15-19-11-13-21(14-12-19)20-8-4-3-5-9-20/h3-16,23H,1-2H3. The smallest absolute Gasteiger partial charge is 0.0412 e. The van der Waals surface area contributed by atoms with Gasteiger partial charge in [-0.1, -0.05) is 66.7 Å². The summed E-state index contributed by atoms with van der Waals surface area (Å²) in [7, 11) is 0. The van der Waals surface area contributed by atoms with Crippen molar-refractivity contribution in [3.63, 3.8) is 0 Å². The highest BCUT2D eigenvalue weighted by atomic mass is 14.8. The number of nitrogens with one attached hydrogen (secondary N) is 1. The first-order valence-corrected chi connectivity index (χ1v) is 7.89. The van der Waals surface area contributed by atoms with E-state index in [1.165, 1.54) is 27.8 Å². The Balaban J connectivity index is 1.70. The normalized spacial score (nSPS) is 10.9. The van der Waals surface area contributed by atoms with E-state index in [4.69, 9.17) is 0 Å². The van der Waals surface area contributed by atoms with Crippen molar-refractivity contribution in [1.29, 1.82) is 0 Å². The van der Waals surface area contributed by atoms with Crippen molar-refractivity contribution in [2.45, 2.75) is 13.8 Å². The highest BCUT2D eigenvalue weighted by Gasteiger charge is 1.98. The van der Waals surface area contributed by atoms with Gasteiger partial charge in [0.1, 0.15) is 0 Å². The summed E-state index contributed by atoms with van der Waals surface area (Å²) in [6, 6.07) is 25.4. The largest absolute Gasteiger partial charge is 0.361 e. The molecule has 0 fully saturated rings. The van der Waals surface area contributed by atoms with Gasteiger partial charge in [0, 0.05) is 11.9 Å². The predicted octanol–water partition coefficient (Wildman–Crippen LogP) is 6.05. The third kappa shape index (κ3) is 3.70. The number of rotatable bonds is 4. The van der Waals surface area contributed by atoms with Crippen LogP contribution in [-0.4, -0.2) is 0 Å². The number of benzene rings is 3. The lowest BCUT2D eigenvalue weighted by molar-refractivity contribution is 1.33. The highest BCUT2D eigenvalue weighted by molar-refractivity contribution is 5.66. The van der Waals surface area contributed by atoms with Crippen LogP contribution in [0.1, 0.15) is 16.7 Å². The number of aryl methyl sites for hydroxylation is 1. The summed E-state index contributed by atoms with van der Waals surface area (Å²) in [4.78, 5) is 0. The van der Waals surface area contributed by atoms with Crippen molar-refractivity contribution in [2.24, 2.45) is 0 Å². The van der Waals surface area contributed by atoms with Crippen LogP contribution in [0.15, 0.2) is 79.0 Å². The lowest BCUT2D eigenvalue weighted by atomic mass is 10.0. The fourth-order valence-corrected chi connectivity index (χ4v) is 2.55. The van der Waals surface area contributed by atoms with Gasteiger partial charge in [0.05, 0.1) is 0 Å². The van der Waals surface area contributed by atoms with E-state index in [1.807, 2.05) is 12.3 Å². The lowest BCUT2D eigenvalue weighted by Gasteiger charge is -2.07. The van der Waals surface area contributed by atoms with Crippen molar-refractivity contribution in [2.75, 3.05) is 5.32 Å². The molecule has 3 aromatic rings. The van der Waals surface area contributed by atoms with Crippen LogP contribution in [0.4, 0.5) is 5.69 Å². The maximum Gasteiger partial charge on any atom is 0.0412 e. The summed E-state index contributed by atoms with van der Waals surface area (Å²) < 4.78 is 0. The zero-order valence-corrected chi connectivity index (χ0v) is 13.6. The molecule has 0 bridgehead atoms. The minimum atomic E-state index is 1.15. The van der Waals surface area contributed by atoms with E-state index < -0.39 is 0 Å². The van der Waals surface area contributed by atoms with Crippen LogP contribution in [0.3, 0.4) is 0 Å². The van der Waals surface area contributed by atoms with Crippen molar-refractivity contribution in [3.8, 4) is 11.1 Å². The molecule has 1 N–H and O–H groups in total. The van der Waals surface area contributed by atoms with Crippen molar-refractivity contribution < 1.29 is 0 Å². The molecule has 3 rings (SSSR count). The first-order valence-electron chi connectivity index (χ1n) is 7.89. The Morgan fingerprint density at radius 2 is 1.39 bits per heavy atom. The molecule has 0 amide bonds. The molecule has 0 aliphatic carbocycles. The molecule has 0 saturated carbocycles. The third-order valence-corrected chi connectivity index (χ3v) is 4.14. The summed E-state index contributed by atoms with van der Waals surface area (Å²) in [5.74, 6) is 0. The molecule has 3 aromatic carbocycles. The van der Waals surface area contributed by atoms with Gasteiger partial charge in [0.15, 0.2) is 0 Å². The SMILES string of the molecule is Cc1cccc(NC=Cc2ccc(-c3ccccc3)cc2)c1C. The molecule has 0 aliphatic rings. The second-order valence-corrected chi connectivity index (χ2v) is 5.71. The predicted molar refractivity (Wildman–Crippen MR) is 100 cm³/mol. The molecule has 114 valence electrons. The second kappa shape index (κ2) is 6.97. The fourth-order valence-electron chi connectivity index (χ4n) is 2.55. The van der Waals surface area contributed by atoms with E-state index in [2.05, 4.69) is 92.0 Å². The Bertz CT molecular complexity index is 799. The quantitative estimate of drug-likeness (QED) is 0.618. The summed E-state index contributed by atoms with van der Waals surface area (Å²) in [5, 5.41) is 3.37. The maximum absolute atomic E-state index is 3.37. The average molecular weight is 299 g/mol. The molecular weight excluding hydrogens is 278 g/mol. The van der Waals surface area contributed by atoms with Gasteiger partial charge in [0.25, 0.3) is 0 Å². The monoisotopic (exact) mass is 299 g/mol. The van der Waals surface area contributed by atoms with E-state index >= 15 is 0 Å². The van der Waals surface area contributed by atoms with Gasteiger partial charge in [-0.2, -0.15) is 0 Å². The highest BCUT2D eigenvalue weighted by Crippen LogP contribution is 2.20. The van der Waals surface area contributed by atoms with Crippen LogP contribution in [0.25, 0.3) is 17.2 Å². The van der Waals surface area contributed by atoms with Crippen LogP contribution in [-0.2, 0) is 0 Å². The first kappa shape index (κ1) is 15.1. The fraction of sp³-hybridized carbons (Fsp3) is 0.0909. The Hall–Kier alpha value is -2.80. The molecule has 23 heavy (non-hydrogen) atoms. The van der Waals surface area contributed by atoms with E-state index in [0.29, 0.717) is 0 Å². The maximum atomic E-state index is 3.37. The van der Waals surface area contributed by atoms with Crippen LogP contribution < -0.4 is 5.32 Å². The molecule has 0 aliphatic heterocycles. The van der Waals surface area contributed by atoms with E-state index in [9.17, 15) is 0 Å². The molecule has 0 unspecified atom stereocenters. The average Bonchev–Trinajstić information content (AvgIpc) is 2.60. The summed E-state index contributed by atoms with van der Waals surface area (Å²) >= 11 is 0. The molecule has 1 nitrogen and oxygen atoms in total. The molecule has 0 saturated heterocycles. The molecular formula is C22H21N. The zero-order valence-electron chi connectivity index (χ0n) is 13.6. The van der Waals surface area contributed by atoms with E-state index in [0.717, 1.165) is 5.69 Å². The minimum Gasteiger partial charge on any atom is -0.361 e. The molecule has 1 heteroatoms. The molecule has 0 heterocycles. The van der Waals surface area contributed by atoms with Gasteiger partial charge >= 0.3 is 0 Å². The van der Waals surface area contributed by atoms with Gasteiger partial charge in [-0.3, -0.25) is 0 Å². The molecule has 0 spiro atoms. The van der Waals surface area contributed by atoms with Crippen LogP contribution >= 0.6 is 0 Å². The van der Waals surface area contributed by atoms with Crippen LogP contribution in [0, 0.1) is 13.8 Å². The van der Waals surface area contributed by atoms with Crippen molar-refractivity contribution in [3.05, 3.63) is 95.7 Å². The van der Waals surface area contributed by atoms with Gasteiger partial charge < -0.3 is 5.32 Å². The second-order valence-electron chi connectivity index (χ2n) is 5.71. The Morgan fingerprint density at radius 1 is 0.696 bits per heavy atom. The van der Waals surface area contributed by atoms with Gasteiger partial charge in [0.2, 0.25) is 0 Å². The number of hydrogen-bond donors (Lipinski definition) is 1. The van der Waals surface area contributed by atoms with Crippen molar-refractivity contribution >= 4 is 11.8 Å². The van der Waals surface area contributed by atoms with Gasteiger partial charge in [-0.25, -0.2) is 0 Å². The minimum absolute atomic E-state index is 1.15. The summed E-state index contributed by atoms with van der Waals surface area (Å²) in [6.07, 6.45) is 4.09. The number of anilines is 1. The van der Waals surface area contributed by atoms with Crippen LogP contribution in [0.5, 0.6) is 0 Å². The lowest BCUT2D eigenvalue weighted by Crippen LogP contribution is -1.92. The zero-order chi connectivity index (χ0) is 16.1. The summed E-state index contributed by atoms with van der Waals surface area (Å²) in [5.41, 5.74) is 7.42. The Kier molecular flexibility index (Phi) is 4.58. The van der Waals surface area contributed by atoms with Crippen LogP contribution in [0.2, 0.25) is 0 Å². The van der Waals surface area contributed by atoms with E-state index in [1.54, 1.807) is 0 Å². The topological polar surface area (TPSA) is 12.0 Å². The molecule has 0 atom stereocenters. The van der Waals surface area contributed by atoms with E-state index in [-0.39, 0.29) is 0 Å². The number of hydrogen-bond acceptors (Lipinski definition) is 1.